The van der Waals surface area contributed by atoms with E-state index in [1.807, 2.05) is 38.1 Å². The van der Waals surface area contributed by atoms with Crippen molar-refractivity contribution < 1.29 is 9.59 Å². The molecule has 2 amide bonds. The molecule has 162 valence electrons. The molecule has 30 heavy (non-hydrogen) atoms. The molecule has 0 bridgehead atoms. The van der Waals surface area contributed by atoms with E-state index in [0.717, 1.165) is 35.1 Å². The SMILES string of the molecule is CCCCNC(=O)[C@@H](C)N(Cc1ccc(Cl)c(Cl)c1)C(=O)Cc1cc(C)ccc1C. The summed E-state index contributed by atoms with van der Waals surface area (Å²) in [5.41, 5.74) is 3.96. The van der Waals surface area contributed by atoms with Crippen LogP contribution < -0.4 is 5.32 Å². The summed E-state index contributed by atoms with van der Waals surface area (Å²) in [4.78, 5) is 27.6. The number of hydrogen-bond acceptors (Lipinski definition) is 2. The van der Waals surface area contributed by atoms with Gasteiger partial charge in [-0.3, -0.25) is 9.59 Å². The van der Waals surface area contributed by atoms with Crippen molar-refractivity contribution in [3.8, 4) is 0 Å². The van der Waals surface area contributed by atoms with Crippen LogP contribution in [-0.4, -0.2) is 29.3 Å². The van der Waals surface area contributed by atoms with E-state index in [-0.39, 0.29) is 24.8 Å². The highest BCUT2D eigenvalue weighted by atomic mass is 35.5. The zero-order valence-electron chi connectivity index (χ0n) is 18.1. The molecule has 0 aliphatic rings. The number of nitrogens with one attached hydrogen (secondary N) is 1. The molecule has 0 saturated carbocycles. The summed E-state index contributed by atoms with van der Waals surface area (Å²) in [6, 6.07) is 10.7. The van der Waals surface area contributed by atoms with Gasteiger partial charge in [0.1, 0.15) is 6.04 Å². The van der Waals surface area contributed by atoms with Crippen LogP contribution in [0.2, 0.25) is 10.0 Å². The zero-order chi connectivity index (χ0) is 22.3. The lowest BCUT2D eigenvalue weighted by Gasteiger charge is -2.29. The Labute approximate surface area is 189 Å². The summed E-state index contributed by atoms with van der Waals surface area (Å²) in [7, 11) is 0. The molecule has 2 rings (SSSR count). The quantitative estimate of drug-likeness (QED) is 0.515. The number of nitrogens with zero attached hydrogens (tertiary/aromatic N) is 1. The Morgan fingerprint density at radius 2 is 1.80 bits per heavy atom. The number of aryl methyl sites for hydroxylation is 2. The third-order valence-electron chi connectivity index (χ3n) is 5.18. The van der Waals surface area contributed by atoms with E-state index >= 15 is 0 Å². The maximum Gasteiger partial charge on any atom is 0.242 e. The maximum atomic E-state index is 13.3. The van der Waals surface area contributed by atoms with Gasteiger partial charge in [-0.05, 0) is 56.0 Å². The second kappa shape index (κ2) is 11.4. The maximum absolute atomic E-state index is 13.3. The highest BCUT2D eigenvalue weighted by Crippen LogP contribution is 2.24. The topological polar surface area (TPSA) is 49.4 Å². The summed E-state index contributed by atoms with van der Waals surface area (Å²) in [5.74, 6) is -0.259. The number of halogens is 2. The third kappa shape index (κ3) is 6.75. The van der Waals surface area contributed by atoms with Crippen molar-refractivity contribution in [2.45, 2.75) is 59.5 Å². The first-order valence-electron chi connectivity index (χ1n) is 10.3. The second-order valence-corrected chi connectivity index (χ2v) is 8.51. The molecule has 1 N–H and O–H groups in total. The van der Waals surface area contributed by atoms with E-state index in [1.54, 1.807) is 24.0 Å². The minimum absolute atomic E-state index is 0.104. The van der Waals surface area contributed by atoms with E-state index in [2.05, 4.69) is 12.2 Å². The van der Waals surface area contributed by atoms with Crippen molar-refractivity contribution in [3.05, 3.63) is 68.7 Å². The minimum Gasteiger partial charge on any atom is -0.354 e. The first-order chi connectivity index (χ1) is 14.2. The molecule has 4 nitrogen and oxygen atoms in total. The number of amides is 2. The van der Waals surface area contributed by atoms with Gasteiger partial charge in [-0.15, -0.1) is 0 Å². The number of rotatable bonds is 9. The number of carbonyl (C=O) groups is 2. The summed E-state index contributed by atoms with van der Waals surface area (Å²) in [6.45, 7) is 8.71. The molecule has 0 unspecified atom stereocenters. The molecule has 0 aliphatic carbocycles. The fourth-order valence-corrected chi connectivity index (χ4v) is 3.53. The van der Waals surface area contributed by atoms with E-state index in [1.165, 1.54) is 0 Å². The fraction of sp³-hybridized carbons (Fsp3) is 0.417. The lowest BCUT2D eigenvalue weighted by atomic mass is 10.0. The lowest BCUT2D eigenvalue weighted by molar-refractivity contribution is -0.140. The zero-order valence-corrected chi connectivity index (χ0v) is 19.6. The molecule has 0 heterocycles. The predicted octanol–water partition coefficient (Wildman–Crippen LogP) is 5.49. The van der Waals surface area contributed by atoms with E-state index in [9.17, 15) is 9.59 Å². The first kappa shape index (κ1) is 24.2. The molecular formula is C24H30Cl2N2O2. The molecule has 0 aliphatic heterocycles. The van der Waals surface area contributed by atoms with Crippen molar-refractivity contribution >= 4 is 35.0 Å². The van der Waals surface area contributed by atoms with Crippen LogP contribution in [0.1, 0.15) is 48.9 Å². The monoisotopic (exact) mass is 448 g/mol. The molecule has 1 atom stereocenters. The van der Waals surface area contributed by atoms with Gasteiger partial charge in [-0.1, -0.05) is 66.4 Å². The van der Waals surface area contributed by atoms with Gasteiger partial charge >= 0.3 is 0 Å². The average molecular weight is 449 g/mol. The molecule has 0 fully saturated rings. The number of benzene rings is 2. The van der Waals surface area contributed by atoms with Crippen LogP contribution in [0, 0.1) is 13.8 Å². The van der Waals surface area contributed by atoms with E-state index in [4.69, 9.17) is 23.2 Å². The van der Waals surface area contributed by atoms with Crippen molar-refractivity contribution in [3.63, 3.8) is 0 Å². The largest absolute Gasteiger partial charge is 0.354 e. The van der Waals surface area contributed by atoms with Crippen molar-refractivity contribution in [1.82, 2.24) is 10.2 Å². The van der Waals surface area contributed by atoms with Gasteiger partial charge in [0.25, 0.3) is 0 Å². The van der Waals surface area contributed by atoms with Crippen molar-refractivity contribution in [1.29, 1.82) is 0 Å². The van der Waals surface area contributed by atoms with Gasteiger partial charge in [0.15, 0.2) is 0 Å². The van der Waals surface area contributed by atoms with E-state index in [0.29, 0.717) is 16.6 Å². The van der Waals surface area contributed by atoms with Gasteiger partial charge in [-0.25, -0.2) is 0 Å². The summed E-state index contributed by atoms with van der Waals surface area (Å²) >= 11 is 12.2. The lowest BCUT2D eigenvalue weighted by Crippen LogP contribution is -2.48. The Morgan fingerprint density at radius 1 is 1.07 bits per heavy atom. The molecule has 6 heteroatoms. The average Bonchev–Trinajstić information content (AvgIpc) is 2.71. The minimum atomic E-state index is -0.603. The first-order valence-corrected chi connectivity index (χ1v) is 11.1. The normalized spacial score (nSPS) is 11.8. The van der Waals surface area contributed by atoms with Crippen LogP contribution >= 0.6 is 23.2 Å². The second-order valence-electron chi connectivity index (χ2n) is 7.70. The van der Waals surface area contributed by atoms with Crippen LogP contribution in [0.3, 0.4) is 0 Å². The Hall–Kier alpha value is -2.04. The highest BCUT2D eigenvalue weighted by molar-refractivity contribution is 6.42. The van der Waals surface area contributed by atoms with Crippen LogP contribution in [0.25, 0.3) is 0 Å². The fourth-order valence-electron chi connectivity index (χ4n) is 3.21. The van der Waals surface area contributed by atoms with E-state index < -0.39 is 6.04 Å². The third-order valence-corrected chi connectivity index (χ3v) is 5.92. The van der Waals surface area contributed by atoms with Gasteiger partial charge in [0.05, 0.1) is 16.5 Å². The number of unbranched alkanes of at least 4 members (excludes halogenated alkanes) is 1. The molecular weight excluding hydrogens is 419 g/mol. The standard InChI is InChI=1S/C24H30Cl2N2O2/c1-5-6-11-27-24(30)18(4)28(15-19-9-10-21(25)22(26)13-19)23(29)14-20-12-16(2)7-8-17(20)3/h7-10,12-13,18H,5-6,11,14-15H2,1-4H3,(H,27,30)/t18-/m1/s1. The molecule has 0 aromatic heterocycles. The molecule has 0 radical (unpaired) electrons. The smallest absolute Gasteiger partial charge is 0.242 e. The highest BCUT2D eigenvalue weighted by Gasteiger charge is 2.26. The van der Waals surface area contributed by atoms with Crippen LogP contribution in [0.15, 0.2) is 36.4 Å². The molecule has 0 spiro atoms. The Balaban J connectivity index is 2.26. The van der Waals surface area contributed by atoms with Crippen LogP contribution in [0.5, 0.6) is 0 Å². The summed E-state index contributed by atoms with van der Waals surface area (Å²) < 4.78 is 0. The molecule has 0 saturated heterocycles. The summed E-state index contributed by atoms with van der Waals surface area (Å²) in [6.07, 6.45) is 2.14. The van der Waals surface area contributed by atoms with Gasteiger partial charge in [0.2, 0.25) is 11.8 Å². The van der Waals surface area contributed by atoms with Gasteiger partial charge in [0, 0.05) is 13.1 Å². The number of carbonyl (C=O) groups excluding carboxylic acids is 2. The Kier molecular flexibility index (Phi) is 9.19. The summed E-state index contributed by atoms with van der Waals surface area (Å²) in [5, 5.41) is 3.81. The number of hydrogen-bond donors (Lipinski definition) is 1. The Morgan fingerprint density at radius 3 is 2.47 bits per heavy atom. The van der Waals surface area contributed by atoms with Gasteiger partial charge < -0.3 is 10.2 Å². The van der Waals surface area contributed by atoms with Crippen molar-refractivity contribution in [2.24, 2.45) is 0 Å². The molecule has 2 aromatic carbocycles. The van der Waals surface area contributed by atoms with Crippen molar-refractivity contribution in [2.75, 3.05) is 6.54 Å². The van der Waals surface area contributed by atoms with Gasteiger partial charge in [-0.2, -0.15) is 0 Å². The Bertz CT molecular complexity index is 899. The molecule has 2 aromatic rings. The van der Waals surface area contributed by atoms with Crippen LogP contribution in [-0.2, 0) is 22.6 Å². The predicted molar refractivity (Wildman–Crippen MR) is 124 cm³/mol. The van der Waals surface area contributed by atoms with Crippen LogP contribution in [0.4, 0.5) is 0 Å².